The number of halogens is 13. The van der Waals surface area contributed by atoms with Gasteiger partial charge in [-0.15, -0.1) is 0 Å². The van der Waals surface area contributed by atoms with Gasteiger partial charge in [-0.1, -0.05) is 0 Å². The maximum absolute atomic E-state index is 13.8. The van der Waals surface area contributed by atoms with Crippen LogP contribution in [0.3, 0.4) is 0 Å². The molecule has 0 aliphatic heterocycles. The predicted molar refractivity (Wildman–Crippen MR) is 101 cm³/mol. The van der Waals surface area contributed by atoms with Crippen LogP contribution in [-0.2, 0) is 6.18 Å². The molecule has 0 aliphatic rings. The molecule has 1 aromatic rings. The van der Waals surface area contributed by atoms with Gasteiger partial charge >= 0.3 is 188 Å². The summed E-state index contributed by atoms with van der Waals surface area (Å²) >= 11 is -2.62. The first-order chi connectivity index (χ1) is 13.6. The van der Waals surface area contributed by atoms with Gasteiger partial charge in [0.1, 0.15) is 0 Å². The van der Waals surface area contributed by atoms with Crippen LogP contribution >= 0.6 is 22.6 Å². The summed E-state index contributed by atoms with van der Waals surface area (Å²) in [5.74, 6) is -19.3. The summed E-state index contributed by atoms with van der Waals surface area (Å²) in [7, 11) is 0. The van der Waals surface area contributed by atoms with Crippen LogP contribution in [0.15, 0.2) is 24.3 Å². The minimum atomic E-state index is -6.95. The van der Waals surface area contributed by atoms with Crippen molar-refractivity contribution in [3.05, 3.63) is 29.8 Å². The molecule has 0 saturated carbocycles. The molecule has 14 heteroatoms. The van der Waals surface area contributed by atoms with Crippen molar-refractivity contribution >= 4 is 44.5 Å². The van der Waals surface area contributed by atoms with Crippen LogP contribution in [0.25, 0.3) is 0 Å². The van der Waals surface area contributed by atoms with Crippen molar-refractivity contribution in [3.63, 3.8) is 0 Å². The predicted octanol–water partition coefficient (Wildman–Crippen LogP) is 7.67. The van der Waals surface area contributed by atoms with E-state index in [4.69, 9.17) is 0 Å². The fraction of sp³-hybridized carbons (Fsp3) is 0.647. The monoisotopic (exact) mass is 696 g/mol. The first-order valence-corrected chi connectivity index (χ1v) is 19.0. The molecule has 0 nitrogen and oxygen atoms in total. The van der Waals surface area contributed by atoms with Crippen LogP contribution in [0.2, 0.25) is 14.3 Å². The van der Waals surface area contributed by atoms with Crippen LogP contribution in [0.5, 0.6) is 0 Å². The molecule has 1 atom stereocenters. The zero-order valence-electron chi connectivity index (χ0n) is 15.9. The van der Waals surface area contributed by atoms with E-state index in [0.717, 1.165) is 6.07 Å². The molecule has 0 aliphatic carbocycles. The third-order valence-corrected chi connectivity index (χ3v) is 15.6. The van der Waals surface area contributed by atoms with E-state index in [0.29, 0.717) is 0 Å². The van der Waals surface area contributed by atoms with Crippen molar-refractivity contribution < 1.29 is 52.7 Å². The van der Waals surface area contributed by atoms with E-state index < -0.39 is 64.4 Å². The molecule has 0 fully saturated rings. The summed E-state index contributed by atoms with van der Waals surface area (Å²) in [5, 5.41) is 0. The Morgan fingerprint density at radius 2 is 1.29 bits per heavy atom. The molecule has 0 aromatic heterocycles. The molecule has 0 radical (unpaired) electrons. The van der Waals surface area contributed by atoms with E-state index in [-0.39, 0.29) is 14.4 Å². The van der Waals surface area contributed by atoms with E-state index in [1.807, 2.05) is 0 Å². The Kier molecular flexibility index (Phi) is 8.66. The average Bonchev–Trinajstić information content (AvgIpc) is 2.57. The third kappa shape index (κ3) is 6.28. The van der Waals surface area contributed by atoms with Crippen molar-refractivity contribution in [1.82, 2.24) is 0 Å². The molecule has 0 amide bonds. The van der Waals surface area contributed by atoms with E-state index in [1.54, 1.807) is 9.88 Å². The molecule has 0 N–H and O–H groups in total. The van der Waals surface area contributed by atoms with Gasteiger partial charge in [0.25, 0.3) is 0 Å². The fourth-order valence-corrected chi connectivity index (χ4v) is 13.5. The van der Waals surface area contributed by atoms with Crippen LogP contribution < -0.4 is 3.58 Å². The van der Waals surface area contributed by atoms with Gasteiger partial charge in [-0.3, -0.25) is 0 Å². The summed E-state index contributed by atoms with van der Waals surface area (Å²) in [4.78, 5) is 3.10. The van der Waals surface area contributed by atoms with Gasteiger partial charge in [-0.05, 0) is 0 Å². The molecule has 1 rings (SSSR count). The van der Waals surface area contributed by atoms with E-state index in [9.17, 15) is 52.7 Å². The summed E-state index contributed by atoms with van der Waals surface area (Å²) in [6.07, 6.45) is -13.9. The van der Waals surface area contributed by atoms with E-state index >= 15 is 0 Å². The standard InChI is InChI=1S/C8H7F9I.C7H4F3.2CH3.Sn/c1-2-4(18)3-5(9,10)6(11,12)7(13,14)8(15,16)17;8-7(9,10)6-4-2-1-3-5-6;;;/h4H,1-3H2;1-4H;2*1H3;. The van der Waals surface area contributed by atoms with Gasteiger partial charge in [0.15, 0.2) is 0 Å². The Balaban J connectivity index is 3.00. The number of hydrogen-bond acceptors (Lipinski definition) is 0. The zero-order valence-corrected chi connectivity index (χ0v) is 20.9. The Morgan fingerprint density at radius 3 is 1.74 bits per heavy atom. The second-order valence-electron chi connectivity index (χ2n) is 7.62. The van der Waals surface area contributed by atoms with Gasteiger partial charge in [0, 0.05) is 0 Å². The van der Waals surface area contributed by atoms with Crippen LogP contribution in [0.1, 0.15) is 18.4 Å². The Hall–Kier alpha value is -0.0913. The molecule has 0 bridgehead atoms. The summed E-state index contributed by atoms with van der Waals surface area (Å²) in [6, 6.07) is 4.62. The van der Waals surface area contributed by atoms with Crippen molar-refractivity contribution in [2.75, 3.05) is 0 Å². The molecule has 1 aromatic carbocycles. The Labute approximate surface area is 187 Å². The van der Waals surface area contributed by atoms with Gasteiger partial charge in [0.2, 0.25) is 0 Å². The van der Waals surface area contributed by atoms with Crippen LogP contribution in [0, 0.1) is 0 Å². The molecular weight excluding hydrogens is 678 g/mol. The van der Waals surface area contributed by atoms with E-state index in [2.05, 4.69) is 0 Å². The SMILES string of the molecule is [CH3][Sn]([CH3])([CH2]CC(I)CC(F)(F)C(F)(F)C(F)(F)C(F)(F)F)[c]1ccccc1C(F)(F)F. The molecule has 0 saturated heterocycles. The fourth-order valence-electron chi connectivity index (χ4n) is 2.89. The maximum atomic E-state index is 13.8. The molecule has 0 heterocycles. The minimum absolute atomic E-state index is 0.00796. The molecule has 31 heavy (non-hydrogen) atoms. The third-order valence-electron chi connectivity index (χ3n) is 4.73. The first kappa shape index (κ1) is 28.9. The summed E-state index contributed by atoms with van der Waals surface area (Å²) in [6.45, 7) is 0. The van der Waals surface area contributed by atoms with Gasteiger partial charge < -0.3 is 0 Å². The first-order valence-electron chi connectivity index (χ1n) is 8.59. The Morgan fingerprint density at radius 1 is 0.806 bits per heavy atom. The average molecular weight is 695 g/mol. The van der Waals surface area contributed by atoms with Crippen molar-refractivity contribution in [2.24, 2.45) is 0 Å². The van der Waals surface area contributed by atoms with Crippen molar-refractivity contribution in [3.8, 4) is 0 Å². The zero-order chi connectivity index (χ0) is 24.7. The number of benzene rings is 1. The molecule has 1 unspecified atom stereocenters. The van der Waals surface area contributed by atoms with Crippen LogP contribution in [0.4, 0.5) is 52.7 Å². The summed E-state index contributed by atoms with van der Waals surface area (Å²) < 4.78 is 155. The van der Waals surface area contributed by atoms with Gasteiger partial charge in [-0.25, -0.2) is 0 Å². The topological polar surface area (TPSA) is 0 Å². The van der Waals surface area contributed by atoms with E-state index in [1.165, 1.54) is 40.8 Å². The number of hydrogen-bond donors (Lipinski definition) is 0. The van der Waals surface area contributed by atoms with Gasteiger partial charge in [0.05, 0.1) is 0 Å². The van der Waals surface area contributed by atoms with Crippen molar-refractivity contribution in [2.45, 2.75) is 61.2 Å². The summed E-state index contributed by atoms with van der Waals surface area (Å²) in [5.41, 5.74) is -0.900. The second-order valence-corrected chi connectivity index (χ2v) is 23.1. The second kappa shape index (κ2) is 9.28. The van der Waals surface area contributed by atoms with Crippen LogP contribution in [-0.4, -0.2) is 46.2 Å². The molecular formula is C17H17F12ISn. The number of rotatable bonds is 8. The Bertz CT molecular complexity index is 754. The van der Waals surface area contributed by atoms with Crippen molar-refractivity contribution in [1.29, 1.82) is 0 Å². The van der Waals surface area contributed by atoms with Gasteiger partial charge in [-0.2, -0.15) is 0 Å². The normalized spacial score (nSPS) is 15.8. The molecule has 0 spiro atoms. The number of alkyl halides is 13. The molecule has 180 valence electrons. The quantitative estimate of drug-likeness (QED) is 0.113.